The van der Waals surface area contributed by atoms with Crippen LogP contribution in [0.1, 0.15) is 37.6 Å². The van der Waals surface area contributed by atoms with E-state index in [2.05, 4.69) is 4.99 Å². The first kappa shape index (κ1) is 28.2. The Morgan fingerprint density at radius 3 is 2.24 bits per heavy atom. The highest BCUT2D eigenvalue weighted by Gasteiger charge is 2.46. The van der Waals surface area contributed by atoms with Crippen LogP contribution in [0, 0.1) is 0 Å². The molecule has 38 heavy (non-hydrogen) atoms. The minimum Gasteiger partial charge on any atom is -0.497 e. The predicted molar refractivity (Wildman–Crippen MR) is 141 cm³/mol. The molecular formula is C27H32N3O8+. The van der Waals surface area contributed by atoms with E-state index in [4.69, 9.17) is 18.9 Å². The molecule has 1 heterocycles. The molecule has 0 saturated heterocycles. The molecule has 11 heteroatoms. The average Bonchev–Trinajstić information content (AvgIpc) is 3.31. The van der Waals surface area contributed by atoms with Crippen molar-refractivity contribution in [3.63, 3.8) is 0 Å². The molecule has 2 aromatic carbocycles. The van der Waals surface area contributed by atoms with Gasteiger partial charge in [0.2, 0.25) is 5.84 Å². The zero-order valence-corrected chi connectivity index (χ0v) is 22.3. The maximum atomic E-state index is 12.7. The second-order valence-corrected chi connectivity index (χ2v) is 9.45. The Bertz CT molecular complexity index is 1260. The van der Waals surface area contributed by atoms with Crippen molar-refractivity contribution in [2.75, 3.05) is 27.8 Å². The topological polar surface area (TPSA) is 124 Å². The molecule has 2 aromatic rings. The number of carbonyl (C=O) groups is 3. The molecule has 1 aliphatic rings. The highest BCUT2D eigenvalue weighted by molar-refractivity contribution is 6.11. The Morgan fingerprint density at radius 1 is 1.00 bits per heavy atom. The van der Waals surface area contributed by atoms with Gasteiger partial charge in [-0.05, 0) is 45.0 Å². The molecular weight excluding hydrogens is 494 g/mol. The van der Waals surface area contributed by atoms with Crippen molar-refractivity contribution in [1.82, 2.24) is 9.38 Å². The number of hydrogen-bond acceptors (Lipinski definition) is 8. The van der Waals surface area contributed by atoms with Gasteiger partial charge in [-0.3, -0.25) is 0 Å². The molecule has 0 bridgehead atoms. The molecule has 0 aliphatic carbocycles. The van der Waals surface area contributed by atoms with Gasteiger partial charge in [-0.2, -0.15) is 4.79 Å². The highest BCUT2D eigenvalue weighted by Crippen LogP contribution is 2.32. The third kappa shape index (κ3) is 6.12. The van der Waals surface area contributed by atoms with Crippen molar-refractivity contribution < 1.29 is 38.4 Å². The number of aliphatic imine (C=N–C) groups is 1. The lowest BCUT2D eigenvalue weighted by Gasteiger charge is -2.28. The fraction of sp³-hybridized carbons (Fsp3) is 0.333. The van der Waals surface area contributed by atoms with E-state index in [0.29, 0.717) is 23.0 Å². The van der Waals surface area contributed by atoms with Crippen LogP contribution in [0.2, 0.25) is 0 Å². The second kappa shape index (κ2) is 11.3. The molecule has 1 atom stereocenters. The lowest BCUT2D eigenvalue weighted by atomic mass is 10.2. The van der Waals surface area contributed by atoms with Crippen LogP contribution in [-0.2, 0) is 4.74 Å². The Labute approximate surface area is 221 Å². The summed E-state index contributed by atoms with van der Waals surface area (Å²) in [5.74, 6) is 0.694. The van der Waals surface area contributed by atoms with Crippen molar-refractivity contribution in [2.45, 2.75) is 32.8 Å². The van der Waals surface area contributed by atoms with Crippen LogP contribution in [0.4, 0.5) is 15.3 Å². The Balaban J connectivity index is 1.76. The lowest BCUT2D eigenvalue weighted by Crippen LogP contribution is -2.52. The molecule has 0 radical (unpaired) electrons. The number of carbonyl (C=O) groups excluding carboxylic acids is 2. The van der Waals surface area contributed by atoms with Gasteiger partial charge in [-0.1, -0.05) is 0 Å². The number of amides is 2. The largest absolute Gasteiger partial charge is 0.529 e. The van der Waals surface area contributed by atoms with E-state index < -0.39 is 28.2 Å². The Morgan fingerprint density at radius 2 is 1.66 bits per heavy atom. The van der Waals surface area contributed by atoms with Crippen LogP contribution in [-0.4, -0.2) is 67.4 Å². The van der Waals surface area contributed by atoms with E-state index in [1.807, 2.05) is 0 Å². The van der Waals surface area contributed by atoms with E-state index in [1.165, 1.54) is 49.7 Å². The summed E-state index contributed by atoms with van der Waals surface area (Å²) in [5.41, 5.74) is -0.0771. The molecule has 1 N–H and O–H groups in total. The summed E-state index contributed by atoms with van der Waals surface area (Å²) < 4.78 is 20.6. The maximum Gasteiger partial charge on any atom is 0.529 e. The average molecular weight is 527 g/mol. The van der Waals surface area contributed by atoms with Gasteiger partial charge >= 0.3 is 18.2 Å². The molecule has 11 nitrogen and oxygen atoms in total. The van der Waals surface area contributed by atoms with Gasteiger partial charge in [-0.25, -0.2) is 14.6 Å². The van der Waals surface area contributed by atoms with Gasteiger partial charge in [0, 0.05) is 31.8 Å². The number of ether oxygens (including phenoxy) is 4. The summed E-state index contributed by atoms with van der Waals surface area (Å²) in [5, 5.41) is 10.2. The van der Waals surface area contributed by atoms with E-state index in [1.54, 1.807) is 52.1 Å². The SMILES string of the molecule is COc1ccc(C(=O)Oc2ccc([N+]3(C(=O)O)C=CN=C3CCN(C)C(=O)OC(C)(C)C)cc2)c(OC)c1. The molecule has 0 aromatic heterocycles. The third-order valence-corrected chi connectivity index (χ3v) is 5.68. The fourth-order valence-corrected chi connectivity index (χ4v) is 3.73. The van der Waals surface area contributed by atoms with Gasteiger partial charge in [0.1, 0.15) is 34.6 Å². The fourth-order valence-electron chi connectivity index (χ4n) is 3.73. The van der Waals surface area contributed by atoms with Crippen molar-refractivity contribution in [1.29, 1.82) is 0 Å². The Kier molecular flexibility index (Phi) is 8.42. The second-order valence-electron chi connectivity index (χ2n) is 9.45. The third-order valence-electron chi connectivity index (χ3n) is 5.68. The first-order chi connectivity index (χ1) is 17.9. The number of benzene rings is 2. The molecule has 1 unspecified atom stereocenters. The molecule has 3 rings (SSSR count). The van der Waals surface area contributed by atoms with Crippen LogP contribution in [0.3, 0.4) is 0 Å². The Hall–Kier alpha value is -4.38. The van der Waals surface area contributed by atoms with Gasteiger partial charge in [-0.15, -0.1) is 4.48 Å². The summed E-state index contributed by atoms with van der Waals surface area (Å²) in [4.78, 5) is 43.2. The normalized spacial score (nSPS) is 16.4. The van der Waals surface area contributed by atoms with Crippen molar-refractivity contribution in [3.8, 4) is 17.2 Å². The van der Waals surface area contributed by atoms with Gasteiger partial charge in [0.15, 0.2) is 5.69 Å². The van der Waals surface area contributed by atoms with Crippen LogP contribution in [0.15, 0.2) is 59.9 Å². The zero-order chi connectivity index (χ0) is 28.1. The number of carboxylic acid groups (broad SMARTS) is 1. The summed E-state index contributed by atoms with van der Waals surface area (Å²) >= 11 is 0. The number of rotatable bonds is 8. The van der Waals surface area contributed by atoms with E-state index in [0.717, 1.165) is 0 Å². The first-order valence-electron chi connectivity index (χ1n) is 11.8. The van der Waals surface area contributed by atoms with Crippen molar-refractivity contribution in [2.24, 2.45) is 4.99 Å². The smallest absolute Gasteiger partial charge is 0.497 e. The minimum absolute atomic E-state index is 0.184. The molecule has 2 amide bonds. The highest BCUT2D eigenvalue weighted by atomic mass is 16.6. The lowest BCUT2D eigenvalue weighted by molar-refractivity contribution is 0.0302. The summed E-state index contributed by atoms with van der Waals surface area (Å²) in [6.07, 6.45) is 1.35. The van der Waals surface area contributed by atoms with Crippen LogP contribution in [0.5, 0.6) is 17.2 Å². The quantitative estimate of drug-likeness (QED) is 0.288. The number of esters is 1. The predicted octanol–water partition coefficient (Wildman–Crippen LogP) is 5.05. The van der Waals surface area contributed by atoms with E-state index in [9.17, 15) is 19.5 Å². The van der Waals surface area contributed by atoms with Gasteiger partial charge < -0.3 is 29.0 Å². The van der Waals surface area contributed by atoms with Crippen LogP contribution in [0.25, 0.3) is 0 Å². The summed E-state index contributed by atoms with van der Waals surface area (Å²) in [6.45, 7) is 5.50. The van der Waals surface area contributed by atoms with Crippen molar-refractivity contribution in [3.05, 3.63) is 60.4 Å². The maximum absolute atomic E-state index is 12.7. The minimum atomic E-state index is -1.18. The van der Waals surface area contributed by atoms with E-state index >= 15 is 0 Å². The number of nitrogens with zero attached hydrogens (tertiary/aromatic N) is 3. The number of methoxy groups -OCH3 is 2. The van der Waals surface area contributed by atoms with Crippen LogP contribution >= 0.6 is 0 Å². The standard InChI is InChI=1S/C27H31N3O8/c1-27(2,3)38-25(32)29(4)15-13-23-28-14-16-30(23,26(33)34)18-7-9-19(10-8-18)37-24(31)21-12-11-20(35-5)17-22(21)36-6/h7-12,14,16-17H,13,15H2,1-6H3/p+1. The number of amidine groups is 1. The van der Waals surface area contributed by atoms with Gasteiger partial charge in [0.05, 0.1) is 26.8 Å². The van der Waals surface area contributed by atoms with Crippen LogP contribution < -0.4 is 18.7 Å². The monoisotopic (exact) mass is 526 g/mol. The summed E-state index contributed by atoms with van der Waals surface area (Å²) in [7, 11) is 4.52. The molecule has 0 spiro atoms. The summed E-state index contributed by atoms with van der Waals surface area (Å²) in [6, 6.07) is 10.8. The zero-order valence-electron chi connectivity index (χ0n) is 22.3. The first-order valence-corrected chi connectivity index (χ1v) is 11.8. The van der Waals surface area contributed by atoms with Gasteiger partial charge in [0.25, 0.3) is 0 Å². The van der Waals surface area contributed by atoms with Crippen molar-refractivity contribution >= 4 is 29.7 Å². The molecule has 0 saturated carbocycles. The molecule has 1 aliphatic heterocycles. The number of hydrogen-bond donors (Lipinski definition) is 1. The molecule has 202 valence electrons. The molecule has 0 fully saturated rings. The van der Waals surface area contributed by atoms with E-state index in [-0.39, 0.29) is 24.3 Å². The number of quaternary nitrogens is 1.